The number of nitrogens with zero attached hydrogens (tertiary/aromatic N) is 1. The van der Waals surface area contributed by atoms with Crippen molar-refractivity contribution < 1.29 is 4.79 Å². The SMILES string of the molecule is Cc1ccc(C)n1CCC(=O)NC1CCCCC1. The first-order valence-corrected chi connectivity index (χ1v) is 7.09. The summed E-state index contributed by atoms with van der Waals surface area (Å²) in [4.78, 5) is 11.9. The van der Waals surface area contributed by atoms with Crippen molar-refractivity contribution >= 4 is 5.91 Å². The van der Waals surface area contributed by atoms with Crippen molar-refractivity contribution in [2.75, 3.05) is 0 Å². The van der Waals surface area contributed by atoms with Gasteiger partial charge in [0.05, 0.1) is 0 Å². The topological polar surface area (TPSA) is 34.0 Å². The molecule has 0 unspecified atom stereocenters. The Bertz CT molecular complexity index is 383. The van der Waals surface area contributed by atoms with Gasteiger partial charge in [-0.3, -0.25) is 4.79 Å². The van der Waals surface area contributed by atoms with E-state index in [0.29, 0.717) is 12.5 Å². The van der Waals surface area contributed by atoms with Crippen LogP contribution in [-0.4, -0.2) is 16.5 Å². The largest absolute Gasteiger partial charge is 0.353 e. The van der Waals surface area contributed by atoms with Crippen LogP contribution in [0.1, 0.15) is 49.9 Å². The molecule has 0 aliphatic heterocycles. The molecule has 1 fully saturated rings. The van der Waals surface area contributed by atoms with Crippen molar-refractivity contribution in [3.8, 4) is 0 Å². The maximum Gasteiger partial charge on any atom is 0.222 e. The van der Waals surface area contributed by atoms with Gasteiger partial charge in [-0.15, -0.1) is 0 Å². The first kappa shape index (κ1) is 13.2. The van der Waals surface area contributed by atoms with E-state index in [1.807, 2.05) is 0 Å². The van der Waals surface area contributed by atoms with Gasteiger partial charge in [-0.25, -0.2) is 0 Å². The number of hydrogen-bond acceptors (Lipinski definition) is 1. The zero-order valence-electron chi connectivity index (χ0n) is 11.5. The quantitative estimate of drug-likeness (QED) is 0.873. The van der Waals surface area contributed by atoms with Gasteiger partial charge < -0.3 is 9.88 Å². The first-order chi connectivity index (χ1) is 8.66. The van der Waals surface area contributed by atoms with Crippen molar-refractivity contribution in [2.45, 2.75) is 65.0 Å². The number of aryl methyl sites for hydroxylation is 2. The fourth-order valence-electron chi connectivity index (χ4n) is 2.81. The van der Waals surface area contributed by atoms with Gasteiger partial charge in [0.25, 0.3) is 0 Å². The van der Waals surface area contributed by atoms with Gasteiger partial charge in [0, 0.05) is 30.4 Å². The number of carbonyl (C=O) groups is 1. The molecule has 1 amide bonds. The van der Waals surface area contributed by atoms with Crippen LogP contribution in [0.25, 0.3) is 0 Å². The monoisotopic (exact) mass is 248 g/mol. The minimum atomic E-state index is 0.203. The van der Waals surface area contributed by atoms with Crippen LogP contribution >= 0.6 is 0 Å². The molecule has 1 aliphatic rings. The second kappa shape index (κ2) is 6.07. The maximum absolute atomic E-state index is 11.9. The number of carbonyl (C=O) groups excluding carboxylic acids is 1. The highest BCUT2D eigenvalue weighted by molar-refractivity contribution is 5.76. The van der Waals surface area contributed by atoms with E-state index >= 15 is 0 Å². The van der Waals surface area contributed by atoms with E-state index in [1.54, 1.807) is 0 Å². The summed E-state index contributed by atoms with van der Waals surface area (Å²) in [5, 5.41) is 3.17. The Hall–Kier alpha value is -1.25. The molecule has 0 spiro atoms. The summed E-state index contributed by atoms with van der Waals surface area (Å²) in [7, 11) is 0. The molecule has 100 valence electrons. The Labute approximate surface area is 110 Å². The third-order valence-electron chi connectivity index (χ3n) is 3.95. The molecule has 18 heavy (non-hydrogen) atoms. The third kappa shape index (κ3) is 3.37. The lowest BCUT2D eigenvalue weighted by atomic mass is 9.95. The Morgan fingerprint density at radius 3 is 2.44 bits per heavy atom. The number of aromatic nitrogens is 1. The van der Waals surface area contributed by atoms with Gasteiger partial charge in [-0.2, -0.15) is 0 Å². The van der Waals surface area contributed by atoms with Gasteiger partial charge in [0.2, 0.25) is 5.91 Å². The van der Waals surface area contributed by atoms with Crippen molar-refractivity contribution in [1.29, 1.82) is 0 Å². The molecular formula is C15H24N2O. The number of amides is 1. The molecule has 3 heteroatoms. The fraction of sp³-hybridized carbons (Fsp3) is 0.667. The molecule has 1 heterocycles. The standard InChI is InChI=1S/C15H24N2O/c1-12-8-9-13(2)17(12)11-10-15(18)16-14-6-4-3-5-7-14/h8-9,14H,3-7,10-11H2,1-2H3,(H,16,18). The molecule has 0 saturated heterocycles. The summed E-state index contributed by atoms with van der Waals surface area (Å²) in [5.74, 6) is 0.203. The number of nitrogens with one attached hydrogen (secondary N) is 1. The van der Waals surface area contributed by atoms with Crippen LogP contribution in [0.4, 0.5) is 0 Å². The molecule has 1 aromatic heterocycles. The van der Waals surface area contributed by atoms with Crippen LogP contribution in [0.2, 0.25) is 0 Å². The van der Waals surface area contributed by atoms with Crippen molar-refractivity contribution in [1.82, 2.24) is 9.88 Å². The molecular weight excluding hydrogens is 224 g/mol. The maximum atomic E-state index is 11.9. The molecule has 1 aromatic rings. The van der Waals surface area contributed by atoms with E-state index < -0.39 is 0 Å². The van der Waals surface area contributed by atoms with Crippen LogP contribution in [0, 0.1) is 13.8 Å². The van der Waals surface area contributed by atoms with E-state index in [-0.39, 0.29) is 5.91 Å². The average molecular weight is 248 g/mol. The van der Waals surface area contributed by atoms with Gasteiger partial charge in [0.1, 0.15) is 0 Å². The summed E-state index contributed by atoms with van der Waals surface area (Å²) < 4.78 is 2.21. The van der Waals surface area contributed by atoms with Crippen LogP contribution < -0.4 is 5.32 Å². The lowest BCUT2D eigenvalue weighted by Gasteiger charge is -2.23. The predicted octanol–water partition coefficient (Wildman–Crippen LogP) is 2.94. The van der Waals surface area contributed by atoms with Crippen LogP contribution in [0.3, 0.4) is 0 Å². The normalized spacial score (nSPS) is 16.8. The summed E-state index contributed by atoms with van der Waals surface area (Å²) in [6.45, 7) is 4.97. The predicted molar refractivity (Wildman–Crippen MR) is 73.5 cm³/mol. The fourth-order valence-corrected chi connectivity index (χ4v) is 2.81. The Balaban J connectivity index is 1.77. The van der Waals surface area contributed by atoms with E-state index in [0.717, 1.165) is 19.4 Å². The van der Waals surface area contributed by atoms with Crippen LogP contribution in [-0.2, 0) is 11.3 Å². The smallest absolute Gasteiger partial charge is 0.222 e. The molecule has 1 aliphatic carbocycles. The van der Waals surface area contributed by atoms with E-state index in [9.17, 15) is 4.79 Å². The second-order valence-corrected chi connectivity index (χ2v) is 5.42. The molecule has 0 aromatic carbocycles. The second-order valence-electron chi connectivity index (χ2n) is 5.42. The Morgan fingerprint density at radius 2 is 1.83 bits per heavy atom. The molecule has 2 rings (SSSR count). The molecule has 1 N–H and O–H groups in total. The Morgan fingerprint density at radius 1 is 1.22 bits per heavy atom. The van der Waals surface area contributed by atoms with Crippen molar-refractivity contribution in [2.24, 2.45) is 0 Å². The summed E-state index contributed by atoms with van der Waals surface area (Å²) in [6.07, 6.45) is 6.77. The highest BCUT2D eigenvalue weighted by atomic mass is 16.1. The van der Waals surface area contributed by atoms with Gasteiger partial charge in [0.15, 0.2) is 0 Å². The first-order valence-electron chi connectivity index (χ1n) is 7.09. The summed E-state index contributed by atoms with van der Waals surface area (Å²) in [5.41, 5.74) is 2.47. The molecule has 3 nitrogen and oxygen atoms in total. The van der Waals surface area contributed by atoms with Crippen molar-refractivity contribution in [3.05, 3.63) is 23.5 Å². The zero-order chi connectivity index (χ0) is 13.0. The summed E-state index contributed by atoms with van der Waals surface area (Å²) in [6, 6.07) is 4.64. The third-order valence-corrected chi connectivity index (χ3v) is 3.95. The van der Waals surface area contributed by atoms with E-state index in [2.05, 4.69) is 35.9 Å². The molecule has 0 radical (unpaired) electrons. The van der Waals surface area contributed by atoms with Gasteiger partial charge in [-0.05, 0) is 38.8 Å². The Kier molecular flexibility index (Phi) is 4.45. The van der Waals surface area contributed by atoms with Crippen LogP contribution in [0.15, 0.2) is 12.1 Å². The highest BCUT2D eigenvalue weighted by Gasteiger charge is 2.15. The molecule has 0 bridgehead atoms. The van der Waals surface area contributed by atoms with E-state index in [4.69, 9.17) is 0 Å². The molecule has 0 atom stereocenters. The summed E-state index contributed by atoms with van der Waals surface area (Å²) >= 11 is 0. The number of rotatable bonds is 4. The number of hydrogen-bond donors (Lipinski definition) is 1. The van der Waals surface area contributed by atoms with E-state index in [1.165, 1.54) is 30.7 Å². The van der Waals surface area contributed by atoms with Gasteiger partial charge >= 0.3 is 0 Å². The zero-order valence-corrected chi connectivity index (χ0v) is 11.5. The molecule has 1 saturated carbocycles. The minimum Gasteiger partial charge on any atom is -0.353 e. The minimum absolute atomic E-state index is 0.203. The van der Waals surface area contributed by atoms with Crippen molar-refractivity contribution in [3.63, 3.8) is 0 Å². The van der Waals surface area contributed by atoms with Gasteiger partial charge in [-0.1, -0.05) is 19.3 Å². The average Bonchev–Trinajstić information content (AvgIpc) is 2.68. The lowest BCUT2D eigenvalue weighted by molar-refractivity contribution is -0.122. The van der Waals surface area contributed by atoms with Crippen LogP contribution in [0.5, 0.6) is 0 Å². The lowest BCUT2D eigenvalue weighted by Crippen LogP contribution is -2.36. The highest BCUT2D eigenvalue weighted by Crippen LogP contribution is 2.17.